The maximum Gasteiger partial charge on any atom is 0.303 e. The van der Waals surface area contributed by atoms with E-state index in [4.69, 9.17) is 5.11 Å². The lowest BCUT2D eigenvalue weighted by Gasteiger charge is -2.10. The minimum atomic E-state index is -0.708. The standard InChI is InChI=1S/C15H27N3O2/c1-4-13(3)18-10-8-14(17-18)11-16-9-7-12(2)5-6-15(19)20/h8,10,12-13,16H,4-7,9,11H2,1-3H3,(H,19,20). The Morgan fingerprint density at radius 1 is 1.45 bits per heavy atom. The minimum absolute atomic E-state index is 0.264. The summed E-state index contributed by atoms with van der Waals surface area (Å²) in [7, 11) is 0. The number of nitrogens with one attached hydrogen (secondary N) is 1. The van der Waals surface area contributed by atoms with Crippen molar-refractivity contribution >= 4 is 5.97 Å². The minimum Gasteiger partial charge on any atom is -0.481 e. The lowest BCUT2D eigenvalue weighted by atomic mass is 10.0. The van der Waals surface area contributed by atoms with Gasteiger partial charge in [0.1, 0.15) is 0 Å². The van der Waals surface area contributed by atoms with Gasteiger partial charge in [-0.25, -0.2) is 0 Å². The van der Waals surface area contributed by atoms with Crippen LogP contribution in [0.2, 0.25) is 0 Å². The molecular weight excluding hydrogens is 254 g/mol. The molecule has 5 nitrogen and oxygen atoms in total. The molecule has 5 heteroatoms. The van der Waals surface area contributed by atoms with Gasteiger partial charge in [-0.05, 0) is 44.7 Å². The zero-order valence-electron chi connectivity index (χ0n) is 12.8. The van der Waals surface area contributed by atoms with Crippen molar-refractivity contribution < 1.29 is 9.90 Å². The van der Waals surface area contributed by atoms with Gasteiger partial charge < -0.3 is 10.4 Å². The number of carboxylic acids is 1. The maximum absolute atomic E-state index is 10.5. The molecule has 0 aliphatic heterocycles. The molecule has 2 atom stereocenters. The fourth-order valence-electron chi connectivity index (χ4n) is 1.98. The van der Waals surface area contributed by atoms with E-state index < -0.39 is 5.97 Å². The second-order valence-corrected chi connectivity index (χ2v) is 5.55. The van der Waals surface area contributed by atoms with Crippen molar-refractivity contribution in [3.8, 4) is 0 Å². The predicted molar refractivity (Wildman–Crippen MR) is 79.6 cm³/mol. The number of carboxylic acid groups (broad SMARTS) is 1. The molecule has 0 aliphatic rings. The third-order valence-corrected chi connectivity index (χ3v) is 3.68. The smallest absolute Gasteiger partial charge is 0.303 e. The first kappa shape index (κ1) is 16.7. The van der Waals surface area contributed by atoms with E-state index in [0.29, 0.717) is 12.0 Å². The van der Waals surface area contributed by atoms with Crippen molar-refractivity contribution in [2.24, 2.45) is 5.92 Å². The number of aromatic nitrogens is 2. The lowest BCUT2D eigenvalue weighted by molar-refractivity contribution is -0.137. The number of carbonyl (C=O) groups is 1. The molecule has 0 saturated carbocycles. The zero-order chi connectivity index (χ0) is 15.0. The highest BCUT2D eigenvalue weighted by atomic mass is 16.4. The van der Waals surface area contributed by atoms with Crippen LogP contribution in [0.3, 0.4) is 0 Å². The number of hydrogen-bond donors (Lipinski definition) is 2. The van der Waals surface area contributed by atoms with Gasteiger partial charge in [-0.15, -0.1) is 0 Å². The van der Waals surface area contributed by atoms with Crippen molar-refractivity contribution in [3.05, 3.63) is 18.0 Å². The van der Waals surface area contributed by atoms with Crippen LogP contribution in [-0.4, -0.2) is 27.4 Å². The van der Waals surface area contributed by atoms with Crippen LogP contribution in [0.15, 0.2) is 12.3 Å². The van der Waals surface area contributed by atoms with Gasteiger partial charge >= 0.3 is 5.97 Å². The van der Waals surface area contributed by atoms with Crippen molar-refractivity contribution in [2.75, 3.05) is 6.54 Å². The van der Waals surface area contributed by atoms with Crippen LogP contribution in [0, 0.1) is 5.92 Å². The Hall–Kier alpha value is -1.36. The molecule has 0 amide bonds. The predicted octanol–water partition coefficient (Wildman–Crippen LogP) is 2.83. The first-order chi connectivity index (χ1) is 9.52. The molecule has 0 fully saturated rings. The van der Waals surface area contributed by atoms with Crippen LogP contribution < -0.4 is 5.32 Å². The second-order valence-electron chi connectivity index (χ2n) is 5.55. The Balaban J connectivity index is 2.17. The average molecular weight is 281 g/mol. The molecule has 0 aliphatic carbocycles. The van der Waals surface area contributed by atoms with Gasteiger partial charge in [-0.3, -0.25) is 9.48 Å². The lowest BCUT2D eigenvalue weighted by Crippen LogP contribution is -2.18. The van der Waals surface area contributed by atoms with E-state index >= 15 is 0 Å². The fraction of sp³-hybridized carbons (Fsp3) is 0.733. The SMILES string of the molecule is CCC(C)n1ccc(CNCCC(C)CCC(=O)O)n1. The Morgan fingerprint density at radius 3 is 2.85 bits per heavy atom. The van der Waals surface area contributed by atoms with Gasteiger partial charge in [0.05, 0.1) is 5.69 Å². The zero-order valence-corrected chi connectivity index (χ0v) is 12.8. The normalized spacial score (nSPS) is 14.2. The summed E-state index contributed by atoms with van der Waals surface area (Å²) >= 11 is 0. The molecular formula is C15H27N3O2. The molecule has 0 aromatic carbocycles. The van der Waals surface area contributed by atoms with Crippen LogP contribution in [0.5, 0.6) is 0 Å². The highest BCUT2D eigenvalue weighted by Crippen LogP contribution is 2.10. The van der Waals surface area contributed by atoms with Gasteiger partial charge in [0.2, 0.25) is 0 Å². The van der Waals surface area contributed by atoms with Crippen molar-refractivity contribution in [2.45, 2.75) is 59.0 Å². The van der Waals surface area contributed by atoms with Crippen molar-refractivity contribution in [1.82, 2.24) is 15.1 Å². The third-order valence-electron chi connectivity index (χ3n) is 3.68. The number of nitrogens with zero attached hydrogens (tertiary/aromatic N) is 2. The Bertz CT molecular complexity index is 404. The highest BCUT2D eigenvalue weighted by Gasteiger charge is 2.06. The van der Waals surface area contributed by atoms with Gasteiger partial charge in [0.15, 0.2) is 0 Å². The summed E-state index contributed by atoms with van der Waals surface area (Å²) in [5.41, 5.74) is 1.06. The molecule has 0 bridgehead atoms. The highest BCUT2D eigenvalue weighted by molar-refractivity contribution is 5.66. The average Bonchev–Trinajstić information content (AvgIpc) is 2.89. The molecule has 0 saturated heterocycles. The van der Waals surface area contributed by atoms with Crippen LogP contribution in [0.4, 0.5) is 0 Å². The van der Waals surface area contributed by atoms with E-state index in [1.54, 1.807) is 0 Å². The molecule has 2 unspecified atom stereocenters. The summed E-state index contributed by atoms with van der Waals surface area (Å²) in [6, 6.07) is 2.49. The summed E-state index contributed by atoms with van der Waals surface area (Å²) < 4.78 is 2.01. The van der Waals surface area contributed by atoms with E-state index in [-0.39, 0.29) is 6.42 Å². The van der Waals surface area contributed by atoms with Crippen molar-refractivity contribution in [3.63, 3.8) is 0 Å². The number of aliphatic carboxylic acids is 1. The van der Waals surface area contributed by atoms with Crippen LogP contribution >= 0.6 is 0 Å². The molecule has 1 aromatic rings. The Labute approximate surface area is 121 Å². The molecule has 1 rings (SSSR count). The summed E-state index contributed by atoms with van der Waals surface area (Å²) in [6.07, 6.45) is 5.12. The molecule has 1 aromatic heterocycles. The first-order valence-electron chi connectivity index (χ1n) is 7.49. The summed E-state index contributed by atoms with van der Waals surface area (Å²) in [6.45, 7) is 8.09. The van der Waals surface area contributed by atoms with E-state index in [0.717, 1.165) is 38.0 Å². The van der Waals surface area contributed by atoms with E-state index in [9.17, 15) is 4.79 Å². The molecule has 0 radical (unpaired) electrons. The largest absolute Gasteiger partial charge is 0.481 e. The molecule has 1 heterocycles. The third kappa shape index (κ3) is 6.19. The molecule has 2 N–H and O–H groups in total. The van der Waals surface area contributed by atoms with Gasteiger partial charge in [0, 0.05) is 25.2 Å². The van der Waals surface area contributed by atoms with Crippen LogP contribution in [0.1, 0.15) is 58.2 Å². The summed E-state index contributed by atoms with van der Waals surface area (Å²) in [5, 5.41) is 16.5. The molecule has 0 spiro atoms. The fourth-order valence-corrected chi connectivity index (χ4v) is 1.98. The van der Waals surface area contributed by atoms with Crippen molar-refractivity contribution in [1.29, 1.82) is 0 Å². The van der Waals surface area contributed by atoms with Gasteiger partial charge in [-0.2, -0.15) is 5.10 Å². The summed E-state index contributed by atoms with van der Waals surface area (Å²) in [5.74, 6) is -0.267. The quantitative estimate of drug-likeness (QED) is 0.647. The Morgan fingerprint density at radius 2 is 2.20 bits per heavy atom. The Kier molecular flexibility index (Phi) is 7.30. The van der Waals surface area contributed by atoms with E-state index in [1.807, 2.05) is 16.9 Å². The molecule has 20 heavy (non-hydrogen) atoms. The van der Waals surface area contributed by atoms with Gasteiger partial charge in [-0.1, -0.05) is 13.8 Å². The van der Waals surface area contributed by atoms with E-state index in [1.165, 1.54) is 0 Å². The van der Waals surface area contributed by atoms with Crippen LogP contribution in [-0.2, 0) is 11.3 Å². The van der Waals surface area contributed by atoms with Crippen LogP contribution in [0.25, 0.3) is 0 Å². The van der Waals surface area contributed by atoms with Gasteiger partial charge in [0.25, 0.3) is 0 Å². The number of rotatable bonds is 10. The second kappa shape index (κ2) is 8.74. The van der Waals surface area contributed by atoms with E-state index in [2.05, 4.69) is 31.2 Å². The monoisotopic (exact) mass is 281 g/mol. The molecule has 114 valence electrons. The maximum atomic E-state index is 10.5. The summed E-state index contributed by atoms with van der Waals surface area (Å²) in [4.78, 5) is 10.5. The number of hydrogen-bond acceptors (Lipinski definition) is 3. The first-order valence-corrected chi connectivity index (χ1v) is 7.49. The topological polar surface area (TPSA) is 67.2 Å².